The molecule has 1 amide bonds. The van der Waals surface area contributed by atoms with Gasteiger partial charge in [0.25, 0.3) is 0 Å². The van der Waals surface area contributed by atoms with Gasteiger partial charge in [-0.1, -0.05) is 48.5 Å². The fourth-order valence-electron chi connectivity index (χ4n) is 3.56. The third-order valence-corrected chi connectivity index (χ3v) is 6.21. The van der Waals surface area contributed by atoms with Crippen LogP contribution >= 0.6 is 11.8 Å². The van der Waals surface area contributed by atoms with Crippen LogP contribution in [0.15, 0.2) is 51.6 Å². The summed E-state index contributed by atoms with van der Waals surface area (Å²) in [5.41, 5.74) is 4.09. The van der Waals surface area contributed by atoms with E-state index in [9.17, 15) is 9.59 Å². The lowest BCUT2D eigenvalue weighted by molar-refractivity contribution is -0.143. The molecule has 0 radical (unpaired) electrons. The summed E-state index contributed by atoms with van der Waals surface area (Å²) in [7, 11) is 0. The van der Waals surface area contributed by atoms with E-state index in [1.807, 2.05) is 76.1 Å². The average molecular weight is 442 g/mol. The highest BCUT2D eigenvalue weighted by molar-refractivity contribution is 8.16. The molecule has 2 heterocycles. The number of nitrogens with zero attached hydrogens (tertiary/aromatic N) is 2. The fourth-order valence-corrected chi connectivity index (χ4v) is 4.53. The molecule has 0 saturated heterocycles. The molecule has 0 aromatic heterocycles. The number of aryl methyl sites for hydroxylation is 1. The van der Waals surface area contributed by atoms with E-state index in [4.69, 9.17) is 4.74 Å². The molecular formula is C24H31N3O3S. The van der Waals surface area contributed by atoms with Gasteiger partial charge in [0.05, 0.1) is 29.8 Å². The van der Waals surface area contributed by atoms with Gasteiger partial charge in [-0.3, -0.25) is 4.79 Å². The molecule has 0 saturated carbocycles. The summed E-state index contributed by atoms with van der Waals surface area (Å²) in [5, 5.41) is 5.76. The summed E-state index contributed by atoms with van der Waals surface area (Å²) in [6.07, 6.45) is 0.862. The Morgan fingerprint density at radius 2 is 1.87 bits per heavy atom. The summed E-state index contributed by atoms with van der Waals surface area (Å²) in [6, 6.07) is 7.84. The van der Waals surface area contributed by atoms with Gasteiger partial charge in [0.1, 0.15) is 0 Å². The van der Waals surface area contributed by atoms with E-state index in [0.29, 0.717) is 11.3 Å². The van der Waals surface area contributed by atoms with E-state index in [0.717, 1.165) is 28.4 Å². The number of hydrogen-bond donors (Lipinski definition) is 1. The summed E-state index contributed by atoms with van der Waals surface area (Å²) in [6.45, 7) is 11.6. The number of carbonyl (C=O) groups is 2. The minimum absolute atomic E-state index is 0.0392. The molecule has 1 aromatic carbocycles. The fraction of sp³-hybridized carbons (Fsp3) is 0.458. The summed E-state index contributed by atoms with van der Waals surface area (Å²) >= 11 is 1.48. The number of amidine groups is 1. The van der Waals surface area contributed by atoms with Crippen molar-refractivity contribution in [1.29, 1.82) is 0 Å². The first kappa shape index (κ1) is 23.1. The second kappa shape index (κ2) is 9.73. The Labute approximate surface area is 188 Å². The molecule has 1 N–H and O–H groups in total. The first-order chi connectivity index (χ1) is 14.7. The average Bonchev–Trinajstić information content (AvgIpc) is 3.08. The summed E-state index contributed by atoms with van der Waals surface area (Å²) < 4.78 is 5.57. The molecule has 3 rings (SSSR count). The number of rotatable bonds is 7. The second-order valence-corrected chi connectivity index (χ2v) is 9.15. The van der Waals surface area contributed by atoms with Gasteiger partial charge in [-0.2, -0.15) is 0 Å². The molecule has 0 aliphatic carbocycles. The highest BCUT2D eigenvalue weighted by Gasteiger charge is 2.41. The molecule has 7 heteroatoms. The van der Waals surface area contributed by atoms with Crippen LogP contribution in [0.1, 0.15) is 64.6 Å². The Hall–Kier alpha value is -2.54. The summed E-state index contributed by atoms with van der Waals surface area (Å²) in [5.74, 6) is -0.413. The lowest BCUT2D eigenvalue weighted by Gasteiger charge is -2.36. The number of amides is 1. The number of esters is 1. The maximum Gasteiger partial charge on any atom is 0.338 e. The van der Waals surface area contributed by atoms with Crippen molar-refractivity contribution in [2.75, 3.05) is 0 Å². The van der Waals surface area contributed by atoms with Crippen molar-refractivity contribution in [1.82, 2.24) is 10.2 Å². The molecule has 0 bridgehead atoms. The monoisotopic (exact) mass is 441 g/mol. The van der Waals surface area contributed by atoms with Gasteiger partial charge in [0, 0.05) is 11.7 Å². The van der Waals surface area contributed by atoms with Gasteiger partial charge in [0.2, 0.25) is 5.91 Å². The zero-order valence-corrected chi connectivity index (χ0v) is 19.9. The third kappa shape index (κ3) is 5.21. The van der Waals surface area contributed by atoms with Crippen LogP contribution in [0.3, 0.4) is 0 Å². The smallest absolute Gasteiger partial charge is 0.338 e. The predicted molar refractivity (Wildman–Crippen MR) is 125 cm³/mol. The van der Waals surface area contributed by atoms with E-state index in [2.05, 4.69) is 10.3 Å². The normalized spacial score (nSPS) is 19.1. The Balaban J connectivity index is 2.00. The number of fused-ring (bicyclic) bond motifs is 1. The molecule has 2 atom stereocenters. The number of carbonyl (C=O) groups excluding carboxylic acids is 2. The Bertz CT molecular complexity index is 947. The molecular weight excluding hydrogens is 410 g/mol. The number of benzene rings is 1. The molecule has 166 valence electrons. The molecule has 0 spiro atoms. The molecule has 2 aliphatic heterocycles. The van der Waals surface area contributed by atoms with Crippen molar-refractivity contribution in [2.45, 2.75) is 72.6 Å². The molecule has 2 aliphatic rings. The number of aliphatic imine (C=N–C) groups is 1. The molecule has 1 aromatic rings. The second-order valence-electron chi connectivity index (χ2n) is 8.31. The number of allylic oxidation sites excluding steroid dienone is 1. The number of hydrogen-bond acceptors (Lipinski definition) is 6. The first-order valence-corrected chi connectivity index (χ1v) is 11.6. The van der Waals surface area contributed by atoms with E-state index in [-0.39, 0.29) is 30.4 Å². The zero-order chi connectivity index (χ0) is 22.7. The largest absolute Gasteiger partial charge is 0.459 e. The minimum atomic E-state index is -0.392. The van der Waals surface area contributed by atoms with Crippen LogP contribution in [-0.2, 0) is 14.3 Å². The lowest BCUT2D eigenvalue weighted by atomic mass is 9.93. The van der Waals surface area contributed by atoms with Crippen molar-refractivity contribution in [2.24, 2.45) is 4.99 Å². The van der Waals surface area contributed by atoms with E-state index in [1.165, 1.54) is 11.8 Å². The van der Waals surface area contributed by atoms with Gasteiger partial charge >= 0.3 is 5.97 Å². The van der Waals surface area contributed by atoms with Crippen LogP contribution < -0.4 is 5.32 Å². The number of ether oxygens (including phenoxy) is 1. The topological polar surface area (TPSA) is 71.0 Å². The highest BCUT2D eigenvalue weighted by atomic mass is 32.2. The van der Waals surface area contributed by atoms with Crippen molar-refractivity contribution in [3.8, 4) is 0 Å². The van der Waals surface area contributed by atoms with Gasteiger partial charge in [0.15, 0.2) is 5.17 Å². The maximum atomic E-state index is 13.1. The molecule has 31 heavy (non-hydrogen) atoms. The van der Waals surface area contributed by atoms with E-state index >= 15 is 0 Å². The Morgan fingerprint density at radius 1 is 1.19 bits per heavy atom. The minimum Gasteiger partial charge on any atom is -0.459 e. The van der Waals surface area contributed by atoms with Gasteiger partial charge in [-0.15, -0.1) is 0 Å². The van der Waals surface area contributed by atoms with E-state index < -0.39 is 6.04 Å². The zero-order valence-electron chi connectivity index (χ0n) is 19.1. The van der Waals surface area contributed by atoms with Crippen LogP contribution in [0.4, 0.5) is 0 Å². The van der Waals surface area contributed by atoms with Crippen LogP contribution in [0, 0.1) is 6.92 Å². The summed E-state index contributed by atoms with van der Waals surface area (Å²) in [4.78, 5) is 32.4. The number of thioether (sulfide) groups is 1. The Kier molecular flexibility index (Phi) is 7.26. The van der Waals surface area contributed by atoms with Gasteiger partial charge in [-0.05, 0) is 52.0 Å². The van der Waals surface area contributed by atoms with E-state index in [1.54, 1.807) is 0 Å². The van der Waals surface area contributed by atoms with Gasteiger partial charge < -0.3 is 15.0 Å². The predicted octanol–water partition coefficient (Wildman–Crippen LogP) is 4.83. The van der Waals surface area contributed by atoms with Crippen molar-refractivity contribution < 1.29 is 14.3 Å². The molecule has 0 fully saturated rings. The van der Waals surface area contributed by atoms with Crippen LogP contribution in [0.5, 0.6) is 0 Å². The van der Waals surface area contributed by atoms with Crippen LogP contribution in [0.2, 0.25) is 0 Å². The van der Waals surface area contributed by atoms with Crippen molar-refractivity contribution >= 4 is 28.8 Å². The Morgan fingerprint density at radius 3 is 2.48 bits per heavy atom. The van der Waals surface area contributed by atoms with Crippen molar-refractivity contribution in [3.63, 3.8) is 0 Å². The first-order valence-electron chi connectivity index (χ1n) is 10.7. The third-order valence-electron chi connectivity index (χ3n) is 5.32. The molecule has 2 unspecified atom stereocenters. The van der Waals surface area contributed by atoms with Gasteiger partial charge in [-0.25, -0.2) is 9.79 Å². The standard InChI is InChI=1S/C24H31N3O3S/c1-7-16(5)25-20(28)12-19-13-31-24-26-17(6)21(23(29)30-14(2)3)22(27(19)24)18-10-8-15(4)9-11-18/h8-11,13-14,16,22H,7,12H2,1-6H3,(H,25,28). The maximum absolute atomic E-state index is 13.1. The lowest BCUT2D eigenvalue weighted by Crippen LogP contribution is -2.39. The quantitative estimate of drug-likeness (QED) is 0.614. The van der Waals surface area contributed by atoms with Crippen LogP contribution in [0.25, 0.3) is 0 Å². The highest BCUT2D eigenvalue weighted by Crippen LogP contribution is 2.44. The van der Waals surface area contributed by atoms with Crippen molar-refractivity contribution in [3.05, 3.63) is 57.8 Å². The number of nitrogens with one attached hydrogen (secondary N) is 1. The SMILES string of the molecule is CCC(C)NC(=O)CC1=CSC2=NC(C)=C(C(=O)OC(C)C)C(c3ccc(C)cc3)N12. The molecule has 6 nitrogen and oxygen atoms in total. The van der Waals surface area contributed by atoms with Crippen LogP contribution in [-0.4, -0.2) is 34.1 Å².